The van der Waals surface area contributed by atoms with Gasteiger partial charge in [-0.1, -0.05) is 24.3 Å². The Labute approximate surface area is 286 Å². The number of piperidine rings is 1. The summed E-state index contributed by atoms with van der Waals surface area (Å²) in [7, 11) is 1.56. The zero-order valence-corrected chi connectivity index (χ0v) is 28.5. The minimum atomic E-state index is -0.979. The van der Waals surface area contributed by atoms with E-state index in [0.29, 0.717) is 57.6 Å². The van der Waals surface area contributed by atoms with E-state index in [4.69, 9.17) is 14.2 Å². The van der Waals surface area contributed by atoms with Crippen molar-refractivity contribution in [3.05, 3.63) is 53.1 Å². The Morgan fingerprint density at radius 3 is 2.47 bits per heavy atom. The van der Waals surface area contributed by atoms with Gasteiger partial charge in [-0.2, -0.15) is 4.98 Å². The summed E-state index contributed by atoms with van der Waals surface area (Å²) < 4.78 is 17.0. The molecule has 13 nitrogen and oxygen atoms in total. The number of carbonyl (C=O) groups excluding carboxylic acids is 3. The number of urea groups is 1. The Kier molecular flexibility index (Phi) is 9.90. The van der Waals surface area contributed by atoms with Crippen LogP contribution in [-0.2, 0) is 27.1 Å². The molecule has 2 N–H and O–H groups in total. The first kappa shape index (κ1) is 33.2. The molecule has 4 aliphatic rings. The highest BCUT2D eigenvalue weighted by Gasteiger charge is 2.36. The number of H-pyrrole nitrogens is 1. The van der Waals surface area contributed by atoms with Crippen molar-refractivity contribution in [1.29, 1.82) is 0 Å². The van der Waals surface area contributed by atoms with Gasteiger partial charge in [0.15, 0.2) is 6.10 Å². The smallest absolute Gasteiger partial charge is 0.410 e. The number of methoxy groups -OCH3 is 1. The van der Waals surface area contributed by atoms with Crippen molar-refractivity contribution in [3.63, 3.8) is 0 Å². The normalized spacial score (nSPS) is 20.4. The highest BCUT2D eigenvalue weighted by atomic mass is 16.6. The molecule has 3 saturated heterocycles. The molecule has 262 valence electrons. The largest absolute Gasteiger partial charge is 0.468 e. The van der Waals surface area contributed by atoms with Crippen LogP contribution in [0.3, 0.4) is 0 Å². The highest BCUT2D eigenvalue weighted by molar-refractivity contribution is 5.91. The number of fused-ring (bicyclic) bond motifs is 2. The molecule has 0 radical (unpaired) electrons. The van der Waals surface area contributed by atoms with E-state index < -0.39 is 12.2 Å². The number of nitrogens with zero attached hydrogens (tertiary/aromatic N) is 5. The molecule has 49 heavy (non-hydrogen) atoms. The lowest BCUT2D eigenvalue weighted by atomic mass is 10.0. The lowest BCUT2D eigenvalue weighted by molar-refractivity contribution is -0.143. The average molecular weight is 674 g/mol. The van der Waals surface area contributed by atoms with E-state index in [2.05, 4.69) is 20.2 Å². The summed E-state index contributed by atoms with van der Waals surface area (Å²) in [6.45, 7) is 7.82. The Balaban J connectivity index is 1.02. The van der Waals surface area contributed by atoms with Crippen LogP contribution in [0.4, 0.5) is 15.3 Å². The molecule has 1 unspecified atom stereocenters. The highest BCUT2D eigenvalue weighted by Crippen LogP contribution is 2.27. The first-order chi connectivity index (χ1) is 23.9. The molecule has 1 aromatic heterocycles. The summed E-state index contributed by atoms with van der Waals surface area (Å²) in [6, 6.07) is 12.7. The molecule has 0 spiro atoms. The van der Waals surface area contributed by atoms with E-state index >= 15 is 0 Å². The van der Waals surface area contributed by atoms with Gasteiger partial charge in [-0.15, -0.1) is 0 Å². The molecular weight excluding hydrogens is 626 g/mol. The standard InChI is InChI=1S/C36H47N7O6/c1-24-21-25(22-30-32(24)39-34(37-30)47-2)23-31(33(44)41-17-15-40(16-18-41)27-10-19-48-20-11-27)49-36(46)42-12-8-28(9-13-42)43-14-7-26-5-3-4-6-29(26)38-35(43)45/h3-6,21-22,27-28,31H,7-20,23H2,1-2H3,(H,37,39)(H,38,45). The van der Waals surface area contributed by atoms with E-state index in [-0.39, 0.29) is 24.4 Å². The van der Waals surface area contributed by atoms with Crippen LogP contribution >= 0.6 is 0 Å². The number of benzene rings is 2. The second-order valence-corrected chi connectivity index (χ2v) is 13.6. The lowest BCUT2D eigenvalue weighted by Crippen LogP contribution is -2.56. The number of aromatic nitrogens is 2. The number of ether oxygens (including phenoxy) is 3. The number of nitrogens with one attached hydrogen (secondary N) is 2. The molecule has 7 rings (SSSR count). The molecule has 13 heteroatoms. The molecule has 0 bridgehead atoms. The number of imidazole rings is 1. The predicted octanol–water partition coefficient (Wildman–Crippen LogP) is 3.81. The summed E-state index contributed by atoms with van der Waals surface area (Å²) >= 11 is 0. The van der Waals surface area contributed by atoms with Crippen LogP contribution < -0.4 is 10.1 Å². The molecule has 3 aromatic rings. The Bertz CT molecular complexity index is 1660. The second-order valence-electron chi connectivity index (χ2n) is 13.6. The van der Waals surface area contributed by atoms with Crippen molar-refractivity contribution in [1.82, 2.24) is 29.6 Å². The van der Waals surface area contributed by atoms with Crippen LogP contribution in [0.25, 0.3) is 11.0 Å². The Morgan fingerprint density at radius 2 is 1.71 bits per heavy atom. The van der Waals surface area contributed by atoms with E-state index in [1.807, 2.05) is 53.1 Å². The van der Waals surface area contributed by atoms with Crippen molar-refractivity contribution in [2.24, 2.45) is 0 Å². The fraction of sp³-hybridized carbons (Fsp3) is 0.556. The van der Waals surface area contributed by atoms with E-state index in [9.17, 15) is 14.4 Å². The zero-order chi connectivity index (χ0) is 33.9. The number of hydrogen-bond acceptors (Lipinski definition) is 8. The van der Waals surface area contributed by atoms with Gasteiger partial charge in [-0.05, 0) is 67.9 Å². The summed E-state index contributed by atoms with van der Waals surface area (Å²) in [5, 5.41) is 3.06. The number of aryl methyl sites for hydroxylation is 1. The van der Waals surface area contributed by atoms with Crippen molar-refractivity contribution >= 4 is 34.8 Å². The van der Waals surface area contributed by atoms with Gasteiger partial charge in [0.2, 0.25) is 0 Å². The molecule has 1 atom stereocenters. The summed E-state index contributed by atoms with van der Waals surface area (Å²) in [4.78, 5) is 56.5. The molecule has 4 amide bonds. The Morgan fingerprint density at radius 1 is 0.959 bits per heavy atom. The molecule has 4 aliphatic heterocycles. The van der Waals surface area contributed by atoms with Gasteiger partial charge in [0.1, 0.15) is 0 Å². The molecular formula is C36H47N7O6. The fourth-order valence-electron chi connectivity index (χ4n) is 7.80. The maximum atomic E-state index is 14.1. The maximum Gasteiger partial charge on any atom is 0.410 e. The topological polar surface area (TPSA) is 133 Å². The van der Waals surface area contributed by atoms with Crippen LogP contribution in [0.5, 0.6) is 6.01 Å². The number of aromatic amines is 1. The molecule has 0 saturated carbocycles. The SMILES string of the molecule is COc1nc2cc(CC(OC(=O)N3CCC(N4CCc5ccccc5NC4=O)CC3)C(=O)N3CCN(C4CCOCC4)CC3)cc(C)c2[nH]1. The quantitative estimate of drug-likeness (QED) is 0.387. The van der Waals surface area contributed by atoms with E-state index in [0.717, 1.165) is 79.0 Å². The van der Waals surface area contributed by atoms with Crippen molar-refractivity contribution < 1.29 is 28.6 Å². The molecule has 2 aromatic carbocycles. The zero-order valence-electron chi connectivity index (χ0n) is 28.5. The van der Waals surface area contributed by atoms with E-state index in [1.54, 1.807) is 12.0 Å². The fourth-order valence-corrected chi connectivity index (χ4v) is 7.80. The number of likely N-dealkylation sites (tertiary alicyclic amines) is 1. The molecule has 5 heterocycles. The minimum Gasteiger partial charge on any atom is -0.468 e. The summed E-state index contributed by atoms with van der Waals surface area (Å²) in [5.41, 5.74) is 5.41. The van der Waals surface area contributed by atoms with Crippen molar-refractivity contribution in [3.8, 4) is 6.01 Å². The number of amides is 4. The number of hydrogen-bond donors (Lipinski definition) is 2. The van der Waals surface area contributed by atoms with Crippen LogP contribution in [0.1, 0.15) is 42.4 Å². The number of rotatable bonds is 7. The summed E-state index contributed by atoms with van der Waals surface area (Å²) in [5.74, 6) is -0.173. The van der Waals surface area contributed by atoms with E-state index in [1.165, 1.54) is 0 Å². The van der Waals surface area contributed by atoms with Crippen molar-refractivity contribution in [2.75, 3.05) is 71.5 Å². The number of anilines is 1. The van der Waals surface area contributed by atoms with Gasteiger partial charge < -0.3 is 39.2 Å². The second kappa shape index (κ2) is 14.6. The van der Waals surface area contributed by atoms with Gasteiger partial charge in [-0.25, -0.2) is 9.59 Å². The van der Waals surface area contributed by atoms with Crippen LogP contribution in [-0.4, -0.2) is 132 Å². The predicted molar refractivity (Wildman–Crippen MR) is 184 cm³/mol. The van der Waals surface area contributed by atoms with Crippen LogP contribution in [0, 0.1) is 6.92 Å². The number of carbonyl (C=O) groups is 3. The van der Waals surface area contributed by atoms with Gasteiger partial charge >= 0.3 is 12.1 Å². The average Bonchev–Trinajstić information content (AvgIpc) is 3.48. The monoisotopic (exact) mass is 673 g/mol. The van der Waals surface area contributed by atoms with Gasteiger partial charge in [0.25, 0.3) is 11.9 Å². The van der Waals surface area contributed by atoms with Crippen LogP contribution in [0.2, 0.25) is 0 Å². The Hall–Kier alpha value is -4.36. The first-order valence-corrected chi connectivity index (χ1v) is 17.6. The lowest BCUT2D eigenvalue weighted by Gasteiger charge is -2.41. The first-order valence-electron chi connectivity index (χ1n) is 17.6. The van der Waals surface area contributed by atoms with Gasteiger partial charge in [0.05, 0.1) is 18.1 Å². The third-order valence-corrected chi connectivity index (χ3v) is 10.6. The van der Waals surface area contributed by atoms with Crippen LogP contribution in [0.15, 0.2) is 36.4 Å². The minimum absolute atomic E-state index is 0.0170. The molecule has 3 fully saturated rings. The third kappa shape index (κ3) is 7.32. The number of para-hydroxylation sites is 1. The maximum absolute atomic E-state index is 14.1. The van der Waals surface area contributed by atoms with Gasteiger partial charge in [-0.3, -0.25) is 9.69 Å². The number of piperazine rings is 1. The summed E-state index contributed by atoms with van der Waals surface area (Å²) in [6.07, 6.45) is 2.85. The third-order valence-electron chi connectivity index (χ3n) is 10.6. The molecule has 0 aliphatic carbocycles. The van der Waals surface area contributed by atoms with Crippen molar-refractivity contribution in [2.45, 2.75) is 63.6 Å². The van der Waals surface area contributed by atoms with Gasteiger partial charge in [0, 0.05) is 83.2 Å².